The second kappa shape index (κ2) is 8.57. The maximum absolute atomic E-state index is 13.2. The summed E-state index contributed by atoms with van der Waals surface area (Å²) in [7, 11) is 4.58. The molecule has 0 bridgehead atoms. The molecule has 2 heterocycles. The van der Waals surface area contributed by atoms with Gasteiger partial charge in [0, 0.05) is 17.0 Å². The van der Waals surface area contributed by atoms with Crippen LogP contribution in [0.5, 0.6) is 28.7 Å². The molecule has 0 unspecified atom stereocenters. The van der Waals surface area contributed by atoms with Crippen molar-refractivity contribution in [2.24, 2.45) is 5.92 Å². The van der Waals surface area contributed by atoms with Gasteiger partial charge < -0.3 is 23.7 Å². The van der Waals surface area contributed by atoms with Gasteiger partial charge in [-0.1, -0.05) is 13.8 Å². The fraction of sp³-hybridized carbons (Fsp3) is 0.360. The highest BCUT2D eigenvalue weighted by Crippen LogP contribution is 2.49. The second-order valence-electron chi connectivity index (χ2n) is 8.22. The maximum Gasteiger partial charge on any atom is 0.311 e. The SMILES string of the molecule is COc1ccc(/C=C2\Oc3c(ccc4c3[C@H](CC(C)C)CC(=O)O4)C2=O)c(OC)c1OC. The van der Waals surface area contributed by atoms with Crippen LogP contribution in [0, 0.1) is 5.92 Å². The van der Waals surface area contributed by atoms with E-state index in [1.165, 1.54) is 14.2 Å². The lowest BCUT2D eigenvalue weighted by Gasteiger charge is -2.27. The molecule has 2 aromatic carbocycles. The minimum atomic E-state index is -0.266. The van der Waals surface area contributed by atoms with Crippen LogP contribution in [0.1, 0.15) is 54.1 Å². The quantitative estimate of drug-likeness (QED) is 0.365. The van der Waals surface area contributed by atoms with Gasteiger partial charge in [-0.15, -0.1) is 0 Å². The van der Waals surface area contributed by atoms with Crippen LogP contribution in [0.25, 0.3) is 6.08 Å². The summed E-state index contributed by atoms with van der Waals surface area (Å²) < 4.78 is 27.8. The van der Waals surface area contributed by atoms with Crippen LogP contribution in [0.3, 0.4) is 0 Å². The summed E-state index contributed by atoms with van der Waals surface area (Å²) >= 11 is 0. The van der Waals surface area contributed by atoms with E-state index in [0.29, 0.717) is 45.8 Å². The lowest BCUT2D eigenvalue weighted by Crippen LogP contribution is -2.21. The Morgan fingerprint density at radius 2 is 1.75 bits per heavy atom. The van der Waals surface area contributed by atoms with Crippen molar-refractivity contribution in [3.8, 4) is 28.7 Å². The third-order valence-corrected chi connectivity index (χ3v) is 5.66. The van der Waals surface area contributed by atoms with Gasteiger partial charge in [0.1, 0.15) is 11.5 Å². The van der Waals surface area contributed by atoms with E-state index in [1.54, 1.807) is 37.5 Å². The third kappa shape index (κ3) is 3.68. The van der Waals surface area contributed by atoms with Crippen molar-refractivity contribution in [3.05, 3.63) is 46.7 Å². The number of methoxy groups -OCH3 is 3. The molecule has 0 aromatic heterocycles. The van der Waals surface area contributed by atoms with E-state index in [0.717, 1.165) is 12.0 Å². The van der Waals surface area contributed by atoms with Gasteiger partial charge in [0.2, 0.25) is 11.5 Å². The molecule has 0 saturated carbocycles. The van der Waals surface area contributed by atoms with Gasteiger partial charge in [-0.25, -0.2) is 0 Å². The molecule has 7 nitrogen and oxygen atoms in total. The Kier molecular flexibility index (Phi) is 5.82. The Labute approximate surface area is 186 Å². The van der Waals surface area contributed by atoms with Crippen LogP contribution >= 0.6 is 0 Å². The number of ether oxygens (including phenoxy) is 5. The van der Waals surface area contributed by atoms with E-state index in [4.69, 9.17) is 23.7 Å². The third-order valence-electron chi connectivity index (χ3n) is 5.66. The van der Waals surface area contributed by atoms with Gasteiger partial charge in [0.05, 0.1) is 33.3 Å². The molecule has 168 valence electrons. The van der Waals surface area contributed by atoms with Crippen molar-refractivity contribution in [1.82, 2.24) is 0 Å². The summed E-state index contributed by atoms with van der Waals surface area (Å²) in [5.41, 5.74) is 1.85. The number of hydrogen-bond donors (Lipinski definition) is 0. The van der Waals surface area contributed by atoms with E-state index < -0.39 is 0 Å². The van der Waals surface area contributed by atoms with Gasteiger partial charge in [-0.2, -0.15) is 0 Å². The predicted molar refractivity (Wildman–Crippen MR) is 118 cm³/mol. The van der Waals surface area contributed by atoms with Gasteiger partial charge >= 0.3 is 5.97 Å². The molecule has 0 N–H and O–H groups in total. The molecule has 4 rings (SSSR count). The Bertz CT molecular complexity index is 1110. The number of carbonyl (C=O) groups excluding carboxylic acids is 2. The molecule has 1 atom stereocenters. The minimum Gasteiger partial charge on any atom is -0.493 e. The highest BCUT2D eigenvalue weighted by atomic mass is 16.5. The van der Waals surface area contributed by atoms with E-state index in [1.807, 2.05) is 0 Å². The van der Waals surface area contributed by atoms with Crippen molar-refractivity contribution in [2.75, 3.05) is 21.3 Å². The fourth-order valence-corrected chi connectivity index (χ4v) is 4.35. The molecular weight excluding hydrogens is 412 g/mol. The van der Waals surface area contributed by atoms with Gasteiger partial charge in [0.15, 0.2) is 17.3 Å². The van der Waals surface area contributed by atoms with Gasteiger partial charge in [-0.05, 0) is 42.7 Å². The zero-order chi connectivity index (χ0) is 23.0. The summed E-state index contributed by atoms with van der Waals surface area (Å²) in [6.07, 6.45) is 2.68. The molecule has 0 saturated heterocycles. The zero-order valence-electron chi connectivity index (χ0n) is 18.8. The average Bonchev–Trinajstić information content (AvgIpc) is 3.07. The number of rotatable bonds is 6. The molecule has 2 aliphatic rings. The fourth-order valence-electron chi connectivity index (χ4n) is 4.35. The topological polar surface area (TPSA) is 80.3 Å². The van der Waals surface area contributed by atoms with Gasteiger partial charge in [0.25, 0.3) is 0 Å². The predicted octanol–water partition coefficient (Wildman–Crippen LogP) is 4.77. The largest absolute Gasteiger partial charge is 0.493 e. The van der Waals surface area contributed by atoms with Gasteiger partial charge in [-0.3, -0.25) is 9.59 Å². The van der Waals surface area contributed by atoms with Crippen LogP contribution in [-0.2, 0) is 4.79 Å². The molecule has 0 amide bonds. The Morgan fingerprint density at radius 3 is 2.41 bits per heavy atom. The zero-order valence-corrected chi connectivity index (χ0v) is 18.8. The summed E-state index contributed by atoms with van der Waals surface area (Å²) in [6.45, 7) is 4.20. The molecule has 2 aliphatic heterocycles. The second-order valence-corrected chi connectivity index (χ2v) is 8.22. The molecule has 0 spiro atoms. The maximum atomic E-state index is 13.2. The minimum absolute atomic E-state index is 0.0658. The smallest absolute Gasteiger partial charge is 0.311 e. The van der Waals surface area contributed by atoms with E-state index in [9.17, 15) is 9.59 Å². The van der Waals surface area contributed by atoms with Crippen molar-refractivity contribution >= 4 is 17.8 Å². The monoisotopic (exact) mass is 438 g/mol. The summed E-state index contributed by atoms with van der Waals surface area (Å²) in [5.74, 6) is 2.27. The van der Waals surface area contributed by atoms with Crippen LogP contribution in [-0.4, -0.2) is 33.1 Å². The van der Waals surface area contributed by atoms with Crippen molar-refractivity contribution in [1.29, 1.82) is 0 Å². The Morgan fingerprint density at radius 1 is 1.00 bits per heavy atom. The summed E-state index contributed by atoms with van der Waals surface area (Å²) in [6, 6.07) is 6.83. The molecular formula is C25H26O7. The number of carbonyl (C=O) groups is 2. The molecule has 32 heavy (non-hydrogen) atoms. The standard InChI is InChI=1S/C25H26O7/c1-13(2)10-15-12-20(26)31-17-9-7-16-22(27)19(32-24(16)21(15)17)11-14-6-8-18(28-3)25(30-5)23(14)29-4/h6-9,11,13,15H,10,12H2,1-5H3/b19-11-/t15-/m1/s1. The van der Waals surface area contributed by atoms with E-state index in [-0.39, 0.29) is 29.9 Å². The van der Waals surface area contributed by atoms with Crippen molar-refractivity contribution in [2.45, 2.75) is 32.6 Å². The number of benzene rings is 2. The van der Waals surface area contributed by atoms with Crippen molar-refractivity contribution < 1.29 is 33.3 Å². The highest BCUT2D eigenvalue weighted by Gasteiger charge is 2.38. The Balaban J connectivity index is 1.78. The first-order valence-corrected chi connectivity index (χ1v) is 10.5. The highest BCUT2D eigenvalue weighted by molar-refractivity contribution is 6.15. The first-order chi connectivity index (χ1) is 15.4. The average molecular weight is 438 g/mol. The lowest BCUT2D eigenvalue weighted by atomic mass is 9.84. The normalized spacial score (nSPS) is 18.2. The van der Waals surface area contributed by atoms with Crippen LogP contribution < -0.4 is 23.7 Å². The number of Topliss-reactive ketones (excluding diaryl/α,β-unsaturated/α-hetero) is 1. The summed E-state index contributed by atoms with van der Waals surface area (Å²) in [5, 5.41) is 0. The summed E-state index contributed by atoms with van der Waals surface area (Å²) in [4.78, 5) is 25.3. The van der Waals surface area contributed by atoms with Crippen LogP contribution in [0.15, 0.2) is 30.0 Å². The number of ketones is 1. The number of fused-ring (bicyclic) bond motifs is 3. The molecule has 7 heteroatoms. The van der Waals surface area contributed by atoms with Crippen molar-refractivity contribution in [3.63, 3.8) is 0 Å². The van der Waals surface area contributed by atoms with E-state index in [2.05, 4.69) is 13.8 Å². The first-order valence-electron chi connectivity index (χ1n) is 10.5. The van der Waals surface area contributed by atoms with E-state index >= 15 is 0 Å². The number of esters is 1. The number of allylic oxidation sites excluding steroid dienone is 1. The Hall–Kier alpha value is -3.48. The molecule has 0 radical (unpaired) electrons. The molecule has 0 fully saturated rings. The first kappa shape index (κ1) is 21.7. The van der Waals surface area contributed by atoms with Crippen LogP contribution in [0.4, 0.5) is 0 Å². The lowest BCUT2D eigenvalue weighted by molar-refractivity contribution is -0.136. The molecule has 2 aromatic rings. The number of hydrogen-bond acceptors (Lipinski definition) is 7. The van der Waals surface area contributed by atoms with Crippen LogP contribution in [0.2, 0.25) is 0 Å². The molecule has 0 aliphatic carbocycles.